The summed E-state index contributed by atoms with van der Waals surface area (Å²) in [4.78, 5) is 4.75. The molecule has 0 unspecified atom stereocenters. The molecule has 0 spiro atoms. The molecule has 88 valence electrons. The maximum Gasteiger partial charge on any atom is 0.145 e. The molecule has 0 bridgehead atoms. The van der Waals surface area contributed by atoms with Crippen molar-refractivity contribution in [3.8, 4) is 5.75 Å². The molecule has 17 heavy (non-hydrogen) atoms. The number of fused-ring (bicyclic) bond motifs is 2. The number of hydrogen-bond donors (Lipinski definition) is 1. The van der Waals surface area contributed by atoms with Gasteiger partial charge in [0.05, 0.1) is 7.11 Å². The molecular weight excluding hydrogens is 212 g/mol. The van der Waals surface area contributed by atoms with E-state index in [0.29, 0.717) is 6.54 Å². The molecular formula is C14H16N2O. The molecule has 3 rings (SSSR count). The molecule has 1 aliphatic rings. The van der Waals surface area contributed by atoms with Gasteiger partial charge in [0.1, 0.15) is 11.3 Å². The van der Waals surface area contributed by atoms with E-state index >= 15 is 0 Å². The molecule has 1 aromatic heterocycles. The van der Waals surface area contributed by atoms with Gasteiger partial charge in [-0.1, -0.05) is 12.1 Å². The number of para-hydroxylation sites is 1. The minimum atomic E-state index is 0.578. The third-order valence-electron chi connectivity index (χ3n) is 3.55. The van der Waals surface area contributed by atoms with Gasteiger partial charge in [-0.25, -0.2) is 4.98 Å². The first kappa shape index (κ1) is 10.5. The van der Waals surface area contributed by atoms with E-state index in [1.165, 1.54) is 23.2 Å². The van der Waals surface area contributed by atoms with E-state index in [1.54, 1.807) is 7.11 Å². The molecule has 3 heteroatoms. The van der Waals surface area contributed by atoms with Gasteiger partial charge in [-0.2, -0.15) is 0 Å². The minimum absolute atomic E-state index is 0.578. The highest BCUT2D eigenvalue weighted by Crippen LogP contribution is 2.33. The molecule has 0 saturated carbocycles. The molecule has 2 aromatic rings. The summed E-state index contributed by atoms with van der Waals surface area (Å²) >= 11 is 0. The van der Waals surface area contributed by atoms with E-state index in [0.717, 1.165) is 29.5 Å². The van der Waals surface area contributed by atoms with Crippen LogP contribution in [0.1, 0.15) is 23.2 Å². The van der Waals surface area contributed by atoms with Crippen LogP contribution in [0.15, 0.2) is 18.2 Å². The standard InChI is InChI=1S/C14H16N2O/c1-17-13-7-3-5-10-11(8-15)9-4-2-6-12(9)16-14(10)13/h3,5,7H,2,4,6,8,15H2,1H3. The summed E-state index contributed by atoms with van der Waals surface area (Å²) in [6.07, 6.45) is 3.37. The molecule has 0 atom stereocenters. The van der Waals surface area contributed by atoms with Crippen LogP contribution in [-0.4, -0.2) is 12.1 Å². The van der Waals surface area contributed by atoms with Gasteiger partial charge >= 0.3 is 0 Å². The van der Waals surface area contributed by atoms with Gasteiger partial charge in [-0.15, -0.1) is 0 Å². The smallest absolute Gasteiger partial charge is 0.145 e. The predicted molar refractivity (Wildman–Crippen MR) is 68.2 cm³/mol. The Hall–Kier alpha value is -1.61. The second-order valence-electron chi connectivity index (χ2n) is 4.43. The zero-order chi connectivity index (χ0) is 11.8. The fraction of sp³-hybridized carbons (Fsp3) is 0.357. The number of pyridine rings is 1. The van der Waals surface area contributed by atoms with Crippen LogP contribution < -0.4 is 10.5 Å². The van der Waals surface area contributed by atoms with Crippen molar-refractivity contribution in [3.05, 3.63) is 35.0 Å². The van der Waals surface area contributed by atoms with E-state index in [9.17, 15) is 0 Å². The highest BCUT2D eigenvalue weighted by atomic mass is 16.5. The quantitative estimate of drug-likeness (QED) is 0.857. The van der Waals surface area contributed by atoms with Crippen molar-refractivity contribution < 1.29 is 4.74 Å². The van der Waals surface area contributed by atoms with Gasteiger partial charge < -0.3 is 10.5 Å². The van der Waals surface area contributed by atoms with Crippen molar-refractivity contribution in [3.63, 3.8) is 0 Å². The number of rotatable bonds is 2. The van der Waals surface area contributed by atoms with Crippen LogP contribution >= 0.6 is 0 Å². The molecule has 0 amide bonds. The van der Waals surface area contributed by atoms with E-state index in [-0.39, 0.29) is 0 Å². The maximum atomic E-state index is 5.91. The Morgan fingerprint density at radius 3 is 3.00 bits per heavy atom. The van der Waals surface area contributed by atoms with Crippen LogP contribution in [-0.2, 0) is 19.4 Å². The molecule has 0 radical (unpaired) electrons. The predicted octanol–water partition coefficient (Wildman–Crippen LogP) is 2.19. The first-order valence-corrected chi connectivity index (χ1v) is 6.02. The third kappa shape index (κ3) is 1.50. The number of aromatic nitrogens is 1. The Morgan fingerprint density at radius 1 is 1.35 bits per heavy atom. The van der Waals surface area contributed by atoms with Gasteiger partial charge in [0.25, 0.3) is 0 Å². The molecule has 0 aliphatic heterocycles. The van der Waals surface area contributed by atoms with E-state index in [1.807, 2.05) is 12.1 Å². The van der Waals surface area contributed by atoms with Crippen LogP contribution in [0, 0.1) is 0 Å². The lowest BCUT2D eigenvalue weighted by Crippen LogP contribution is -2.05. The van der Waals surface area contributed by atoms with Crippen molar-refractivity contribution in [2.45, 2.75) is 25.8 Å². The normalized spacial score (nSPS) is 14.0. The number of methoxy groups -OCH3 is 1. The molecule has 0 fully saturated rings. The monoisotopic (exact) mass is 228 g/mol. The summed E-state index contributed by atoms with van der Waals surface area (Å²) in [5, 5.41) is 1.15. The van der Waals surface area contributed by atoms with Crippen molar-refractivity contribution in [1.82, 2.24) is 4.98 Å². The van der Waals surface area contributed by atoms with Crippen LogP contribution in [0.25, 0.3) is 10.9 Å². The van der Waals surface area contributed by atoms with Gasteiger partial charge in [-0.3, -0.25) is 0 Å². The van der Waals surface area contributed by atoms with Crippen molar-refractivity contribution >= 4 is 10.9 Å². The lowest BCUT2D eigenvalue weighted by atomic mass is 10.0. The second kappa shape index (κ2) is 4.00. The fourth-order valence-electron chi connectivity index (χ4n) is 2.75. The highest BCUT2D eigenvalue weighted by molar-refractivity contribution is 5.88. The lowest BCUT2D eigenvalue weighted by molar-refractivity contribution is 0.419. The van der Waals surface area contributed by atoms with Gasteiger partial charge in [-0.05, 0) is 36.5 Å². The fourth-order valence-corrected chi connectivity index (χ4v) is 2.75. The average Bonchev–Trinajstić information content (AvgIpc) is 2.82. The number of ether oxygens (including phenoxy) is 1. The Labute approximate surface area is 101 Å². The topological polar surface area (TPSA) is 48.1 Å². The Morgan fingerprint density at radius 2 is 2.24 bits per heavy atom. The van der Waals surface area contributed by atoms with Crippen molar-refractivity contribution in [2.24, 2.45) is 5.73 Å². The summed E-state index contributed by atoms with van der Waals surface area (Å²) in [5.74, 6) is 0.840. The van der Waals surface area contributed by atoms with E-state index in [4.69, 9.17) is 15.5 Å². The summed E-state index contributed by atoms with van der Waals surface area (Å²) in [5.41, 5.74) is 10.7. The molecule has 1 heterocycles. The Kier molecular flexibility index (Phi) is 2.48. The summed E-state index contributed by atoms with van der Waals surface area (Å²) in [7, 11) is 1.69. The largest absolute Gasteiger partial charge is 0.494 e. The number of aryl methyl sites for hydroxylation is 1. The highest BCUT2D eigenvalue weighted by Gasteiger charge is 2.19. The summed E-state index contributed by atoms with van der Waals surface area (Å²) in [6.45, 7) is 0.578. The lowest BCUT2D eigenvalue weighted by Gasteiger charge is -2.12. The number of hydrogen-bond acceptors (Lipinski definition) is 3. The van der Waals surface area contributed by atoms with Crippen molar-refractivity contribution in [2.75, 3.05) is 7.11 Å². The van der Waals surface area contributed by atoms with E-state index in [2.05, 4.69) is 6.07 Å². The number of benzene rings is 1. The van der Waals surface area contributed by atoms with Crippen LogP contribution in [0.4, 0.5) is 0 Å². The summed E-state index contributed by atoms with van der Waals surface area (Å²) in [6, 6.07) is 6.05. The minimum Gasteiger partial charge on any atom is -0.494 e. The zero-order valence-corrected chi connectivity index (χ0v) is 9.99. The number of nitrogens with two attached hydrogens (primary N) is 1. The van der Waals surface area contributed by atoms with Gasteiger partial charge in [0.2, 0.25) is 0 Å². The average molecular weight is 228 g/mol. The van der Waals surface area contributed by atoms with Crippen molar-refractivity contribution in [1.29, 1.82) is 0 Å². The first-order valence-electron chi connectivity index (χ1n) is 6.02. The number of nitrogens with zero attached hydrogens (tertiary/aromatic N) is 1. The zero-order valence-electron chi connectivity index (χ0n) is 9.99. The molecule has 2 N–H and O–H groups in total. The van der Waals surface area contributed by atoms with Gasteiger partial charge in [0.15, 0.2) is 0 Å². The molecule has 1 aromatic carbocycles. The molecule has 1 aliphatic carbocycles. The van der Waals surface area contributed by atoms with E-state index < -0.39 is 0 Å². The van der Waals surface area contributed by atoms with Gasteiger partial charge in [0, 0.05) is 17.6 Å². The van der Waals surface area contributed by atoms with Crippen LogP contribution in [0.2, 0.25) is 0 Å². The van der Waals surface area contributed by atoms with Crippen LogP contribution in [0.5, 0.6) is 5.75 Å². The molecule has 3 nitrogen and oxygen atoms in total. The SMILES string of the molecule is COc1cccc2c(CN)c3c(nc12)CCC3. The Balaban J connectivity index is 2.40. The third-order valence-corrected chi connectivity index (χ3v) is 3.55. The first-order chi connectivity index (χ1) is 8.35. The van der Waals surface area contributed by atoms with Crippen LogP contribution in [0.3, 0.4) is 0 Å². The molecule has 0 saturated heterocycles. The Bertz CT molecular complexity index is 578. The maximum absolute atomic E-state index is 5.91. The summed E-state index contributed by atoms with van der Waals surface area (Å²) < 4.78 is 5.38. The second-order valence-corrected chi connectivity index (χ2v) is 4.43.